The third-order valence-corrected chi connectivity index (χ3v) is 3.97. The molecule has 23 heavy (non-hydrogen) atoms. The lowest BCUT2D eigenvalue weighted by Gasteiger charge is -2.04. The van der Waals surface area contributed by atoms with Crippen LogP contribution in [0.15, 0.2) is 54.7 Å². The van der Waals surface area contributed by atoms with Crippen LogP contribution in [-0.2, 0) is 17.9 Å². The number of aromatic nitrogens is 2. The van der Waals surface area contributed by atoms with Crippen LogP contribution in [-0.4, -0.2) is 14.9 Å². The van der Waals surface area contributed by atoms with E-state index in [0.717, 1.165) is 11.0 Å². The van der Waals surface area contributed by atoms with Crippen molar-refractivity contribution in [1.82, 2.24) is 9.13 Å². The molecular weight excluding hydrogens is 310 g/mol. The maximum atomic E-state index is 12.5. The number of carbonyl (C=O) groups is 1. The molecule has 0 saturated heterocycles. The number of imidazole rings is 1. The molecule has 2 aromatic rings. The summed E-state index contributed by atoms with van der Waals surface area (Å²) in [5, 5.41) is 8.94. The highest BCUT2D eigenvalue weighted by Gasteiger charge is 2.15. The van der Waals surface area contributed by atoms with E-state index < -0.39 is 0 Å². The average Bonchev–Trinajstić information content (AvgIpc) is 2.81. The number of rotatable bonds is 6. The zero-order chi connectivity index (χ0) is 17.0. The second-order valence-electron chi connectivity index (χ2n) is 5.04. The molecule has 1 aromatic carbocycles. The number of nitrogens with one attached hydrogen (secondary N) is 1. The van der Waals surface area contributed by atoms with Gasteiger partial charge in [-0.3, -0.25) is 10.2 Å². The largest absolute Gasteiger partial charge is 0.309 e. The Morgan fingerprint density at radius 2 is 2.13 bits per heavy atom. The Bertz CT molecular complexity index is 868. The number of nitrogens with zero attached hydrogens (tertiary/aromatic N) is 2. The van der Waals surface area contributed by atoms with Crippen molar-refractivity contribution in [2.75, 3.05) is 0 Å². The van der Waals surface area contributed by atoms with E-state index in [-0.39, 0.29) is 17.9 Å². The molecule has 4 nitrogen and oxygen atoms in total. The van der Waals surface area contributed by atoms with Gasteiger partial charge in [-0.15, -0.1) is 0 Å². The molecule has 0 bridgehead atoms. The molecule has 1 N–H and O–H groups in total. The van der Waals surface area contributed by atoms with Gasteiger partial charge in [-0.2, -0.15) is 0 Å². The van der Waals surface area contributed by atoms with Crippen molar-refractivity contribution in [1.29, 1.82) is 5.41 Å². The minimum Gasteiger partial charge on any atom is -0.309 e. The van der Waals surface area contributed by atoms with E-state index in [1.165, 1.54) is 0 Å². The van der Waals surface area contributed by atoms with Crippen LogP contribution in [0.2, 0.25) is 5.02 Å². The first-order valence-corrected chi connectivity index (χ1v) is 7.83. The van der Waals surface area contributed by atoms with Crippen LogP contribution < -0.4 is 5.62 Å². The predicted octanol–water partition coefficient (Wildman–Crippen LogP) is 3.85. The minimum absolute atomic E-state index is 0.0814. The highest BCUT2D eigenvalue weighted by Crippen LogP contribution is 2.22. The van der Waals surface area contributed by atoms with Crippen molar-refractivity contribution in [2.24, 2.45) is 0 Å². The number of fused-ring (bicyclic) bond motifs is 1. The van der Waals surface area contributed by atoms with Crippen molar-refractivity contribution in [2.45, 2.75) is 26.9 Å². The normalized spacial score (nSPS) is 12.2. The van der Waals surface area contributed by atoms with Crippen molar-refractivity contribution >= 4 is 28.4 Å². The van der Waals surface area contributed by atoms with Gasteiger partial charge in [0.25, 0.3) is 0 Å². The molecule has 1 aromatic heterocycles. The van der Waals surface area contributed by atoms with Crippen LogP contribution in [0.1, 0.15) is 13.8 Å². The van der Waals surface area contributed by atoms with E-state index in [0.29, 0.717) is 17.1 Å². The van der Waals surface area contributed by atoms with Crippen LogP contribution in [0, 0.1) is 5.41 Å². The van der Waals surface area contributed by atoms with E-state index in [2.05, 4.69) is 6.58 Å². The zero-order valence-electron chi connectivity index (χ0n) is 13.3. The highest BCUT2D eigenvalue weighted by molar-refractivity contribution is 6.35. The molecular formula is C18H20ClN3O. The molecule has 0 atom stereocenters. The summed E-state index contributed by atoms with van der Waals surface area (Å²) in [5.74, 6) is -0.0910. The molecule has 0 fully saturated rings. The standard InChI is InChI=1S/C18H20ClN3O/c1-4-7-9-13(5-2)16(23)12-22-15-11-8-10-14(19)17(15)21(6-3)18(22)20/h4-5,7-11,20H,2,6,12H2,1,3H3/b7-4-,13-9+,20-18?. The first-order valence-electron chi connectivity index (χ1n) is 7.45. The Kier molecular flexibility index (Phi) is 5.40. The molecule has 0 amide bonds. The lowest BCUT2D eigenvalue weighted by Crippen LogP contribution is -2.27. The maximum absolute atomic E-state index is 12.5. The highest BCUT2D eigenvalue weighted by atomic mass is 35.5. The Hall–Kier alpha value is -2.33. The quantitative estimate of drug-likeness (QED) is 0.635. The average molecular weight is 330 g/mol. The van der Waals surface area contributed by atoms with E-state index in [1.54, 1.807) is 33.4 Å². The Morgan fingerprint density at radius 1 is 1.39 bits per heavy atom. The van der Waals surface area contributed by atoms with Gasteiger partial charge in [0.15, 0.2) is 5.78 Å². The fourth-order valence-corrected chi connectivity index (χ4v) is 2.80. The van der Waals surface area contributed by atoms with Crippen LogP contribution in [0.3, 0.4) is 0 Å². The summed E-state index contributed by atoms with van der Waals surface area (Å²) in [6, 6.07) is 5.50. The van der Waals surface area contributed by atoms with E-state index >= 15 is 0 Å². The molecule has 0 radical (unpaired) electrons. The Balaban J connectivity index is 2.55. The van der Waals surface area contributed by atoms with Gasteiger partial charge in [0.2, 0.25) is 5.62 Å². The molecule has 0 saturated carbocycles. The number of benzene rings is 1. The van der Waals surface area contributed by atoms with Gasteiger partial charge in [0, 0.05) is 12.1 Å². The summed E-state index contributed by atoms with van der Waals surface area (Å²) in [6.45, 7) is 8.22. The second kappa shape index (κ2) is 7.29. The lowest BCUT2D eigenvalue weighted by molar-refractivity contribution is -0.115. The van der Waals surface area contributed by atoms with Crippen molar-refractivity contribution in [3.63, 3.8) is 0 Å². The van der Waals surface area contributed by atoms with Crippen LogP contribution >= 0.6 is 11.6 Å². The zero-order valence-corrected chi connectivity index (χ0v) is 14.1. The summed E-state index contributed by atoms with van der Waals surface area (Å²) in [7, 11) is 0. The first-order chi connectivity index (χ1) is 11.0. The summed E-state index contributed by atoms with van der Waals surface area (Å²) >= 11 is 6.28. The summed E-state index contributed by atoms with van der Waals surface area (Å²) < 4.78 is 3.48. The molecule has 0 aliphatic carbocycles. The van der Waals surface area contributed by atoms with Gasteiger partial charge in [-0.05, 0) is 26.0 Å². The molecule has 1 heterocycles. The fraction of sp³-hybridized carbons (Fsp3) is 0.222. The molecule has 0 spiro atoms. The second-order valence-corrected chi connectivity index (χ2v) is 5.44. The molecule has 2 rings (SSSR count). The summed E-state index contributed by atoms with van der Waals surface area (Å²) in [4.78, 5) is 12.5. The van der Waals surface area contributed by atoms with E-state index in [4.69, 9.17) is 17.0 Å². The predicted molar refractivity (Wildman–Crippen MR) is 94.6 cm³/mol. The third-order valence-electron chi connectivity index (χ3n) is 3.67. The fourth-order valence-electron chi connectivity index (χ4n) is 2.53. The summed E-state index contributed by atoms with van der Waals surface area (Å²) in [6.07, 6.45) is 6.92. The number of ketones is 1. The molecule has 0 aliphatic rings. The molecule has 0 unspecified atom stereocenters. The Morgan fingerprint density at radius 3 is 2.74 bits per heavy atom. The SMILES string of the molecule is C=C/C(=C\C=C/C)C(=O)Cn1c(=N)n(CC)c2c(Cl)cccc21. The van der Waals surface area contributed by atoms with Crippen molar-refractivity contribution in [3.05, 3.63) is 65.3 Å². The number of carbonyl (C=O) groups excluding carboxylic acids is 1. The molecule has 5 heteroatoms. The van der Waals surface area contributed by atoms with Crippen LogP contribution in [0.4, 0.5) is 0 Å². The minimum atomic E-state index is -0.0910. The first kappa shape index (κ1) is 17.0. The smallest absolute Gasteiger partial charge is 0.203 e. The van der Waals surface area contributed by atoms with Crippen molar-refractivity contribution < 1.29 is 4.79 Å². The van der Waals surface area contributed by atoms with Gasteiger partial charge in [0.1, 0.15) is 0 Å². The van der Waals surface area contributed by atoms with Crippen LogP contribution in [0.25, 0.3) is 11.0 Å². The number of allylic oxidation sites excluding steroid dienone is 5. The van der Waals surface area contributed by atoms with Gasteiger partial charge >= 0.3 is 0 Å². The number of halogens is 1. The van der Waals surface area contributed by atoms with Crippen molar-refractivity contribution in [3.8, 4) is 0 Å². The van der Waals surface area contributed by atoms with E-state index in [9.17, 15) is 4.79 Å². The van der Waals surface area contributed by atoms with Gasteiger partial charge in [0.05, 0.1) is 22.6 Å². The maximum Gasteiger partial charge on any atom is 0.203 e. The van der Waals surface area contributed by atoms with E-state index in [1.807, 2.05) is 32.1 Å². The third kappa shape index (κ3) is 3.22. The number of para-hydroxylation sites is 1. The van der Waals surface area contributed by atoms with Gasteiger partial charge in [-0.25, -0.2) is 0 Å². The molecule has 120 valence electrons. The Labute approximate surface area is 140 Å². The number of hydrogen-bond donors (Lipinski definition) is 1. The van der Waals surface area contributed by atoms with Gasteiger partial charge in [-0.1, -0.05) is 48.6 Å². The topological polar surface area (TPSA) is 50.8 Å². The lowest BCUT2D eigenvalue weighted by atomic mass is 10.1. The number of aryl methyl sites for hydroxylation is 1. The molecule has 0 aliphatic heterocycles. The van der Waals surface area contributed by atoms with Crippen LogP contribution in [0.5, 0.6) is 0 Å². The monoisotopic (exact) mass is 329 g/mol. The van der Waals surface area contributed by atoms with Gasteiger partial charge < -0.3 is 9.13 Å². The number of hydrogen-bond acceptors (Lipinski definition) is 2. The summed E-state index contributed by atoms with van der Waals surface area (Å²) in [5.41, 5.74) is 2.35. The number of Topliss-reactive ketones (excluding diaryl/α,β-unsaturated/α-hetero) is 1.